The highest BCUT2D eigenvalue weighted by Gasteiger charge is 2.28. The van der Waals surface area contributed by atoms with E-state index in [4.69, 9.17) is 0 Å². The molecule has 2 unspecified atom stereocenters. The summed E-state index contributed by atoms with van der Waals surface area (Å²) in [5.74, 6) is 0.292. The Bertz CT molecular complexity index is 417. The van der Waals surface area contributed by atoms with Crippen molar-refractivity contribution in [2.45, 2.75) is 39.2 Å². The van der Waals surface area contributed by atoms with Gasteiger partial charge in [0, 0.05) is 19.0 Å². The van der Waals surface area contributed by atoms with E-state index in [1.807, 2.05) is 18.7 Å². The number of aliphatic hydroxyl groups is 1. The minimum absolute atomic E-state index is 0.0831. The predicted octanol–water partition coefficient (Wildman–Crippen LogP) is 1.94. The molecular weight excluding hydrogens is 248 g/mol. The molecule has 0 radical (unpaired) electrons. The Balaban J connectivity index is 2.09. The summed E-state index contributed by atoms with van der Waals surface area (Å²) >= 11 is 1.42. The van der Waals surface area contributed by atoms with Gasteiger partial charge in [-0.25, -0.2) is 4.98 Å². The van der Waals surface area contributed by atoms with Crippen LogP contribution in [0.25, 0.3) is 0 Å². The predicted molar refractivity (Wildman–Crippen MR) is 71.8 cm³/mol. The molecule has 0 aliphatic carbocycles. The summed E-state index contributed by atoms with van der Waals surface area (Å²) < 4.78 is 0. The minimum atomic E-state index is -0.340. The molecule has 5 heteroatoms. The lowest BCUT2D eigenvalue weighted by Gasteiger charge is -2.34. The molecule has 1 aromatic rings. The molecular formula is C13H20N2O2S. The molecule has 100 valence electrons. The van der Waals surface area contributed by atoms with E-state index in [-0.39, 0.29) is 17.9 Å². The number of piperidine rings is 1. The molecule has 1 fully saturated rings. The van der Waals surface area contributed by atoms with Gasteiger partial charge in [-0.05, 0) is 26.2 Å². The first-order valence-electron chi connectivity index (χ1n) is 6.53. The molecule has 1 aliphatic rings. The third-order valence-electron chi connectivity index (χ3n) is 3.60. The normalized spacial score (nSPS) is 21.9. The summed E-state index contributed by atoms with van der Waals surface area (Å²) in [4.78, 5) is 19.3. The van der Waals surface area contributed by atoms with E-state index in [1.165, 1.54) is 11.3 Å². The SMILES string of the molecule is CCc1ncsc1C(=O)N1CCCC(C(C)O)C1. The van der Waals surface area contributed by atoms with Crippen LogP contribution >= 0.6 is 11.3 Å². The number of carbonyl (C=O) groups is 1. The Morgan fingerprint density at radius 3 is 3.17 bits per heavy atom. The van der Waals surface area contributed by atoms with Crippen molar-refractivity contribution in [1.82, 2.24) is 9.88 Å². The standard InChI is InChI=1S/C13H20N2O2S/c1-3-11-12(18-8-14-11)13(17)15-6-4-5-10(7-15)9(2)16/h8-10,16H,3-7H2,1-2H3. The van der Waals surface area contributed by atoms with Crippen LogP contribution in [0, 0.1) is 5.92 Å². The smallest absolute Gasteiger partial charge is 0.265 e. The number of likely N-dealkylation sites (tertiary alicyclic amines) is 1. The minimum Gasteiger partial charge on any atom is -0.393 e. The zero-order valence-corrected chi connectivity index (χ0v) is 11.7. The molecule has 1 amide bonds. The zero-order valence-electron chi connectivity index (χ0n) is 10.9. The maximum Gasteiger partial charge on any atom is 0.265 e. The third kappa shape index (κ3) is 2.72. The van der Waals surface area contributed by atoms with Crippen LogP contribution < -0.4 is 0 Å². The van der Waals surface area contributed by atoms with Crippen LogP contribution in [0.3, 0.4) is 0 Å². The fraction of sp³-hybridized carbons (Fsp3) is 0.692. The second-order valence-corrected chi connectivity index (χ2v) is 5.73. The van der Waals surface area contributed by atoms with Gasteiger partial charge in [0.25, 0.3) is 5.91 Å². The van der Waals surface area contributed by atoms with Gasteiger partial charge in [-0.2, -0.15) is 0 Å². The van der Waals surface area contributed by atoms with E-state index in [9.17, 15) is 9.90 Å². The number of aryl methyl sites for hydroxylation is 1. The molecule has 18 heavy (non-hydrogen) atoms. The Hall–Kier alpha value is -0.940. The molecule has 1 saturated heterocycles. The van der Waals surface area contributed by atoms with Crippen molar-refractivity contribution in [2.24, 2.45) is 5.92 Å². The van der Waals surface area contributed by atoms with Crippen molar-refractivity contribution in [3.8, 4) is 0 Å². The quantitative estimate of drug-likeness (QED) is 0.911. The fourth-order valence-corrected chi connectivity index (χ4v) is 3.28. The molecule has 2 atom stereocenters. The van der Waals surface area contributed by atoms with Crippen molar-refractivity contribution in [3.05, 3.63) is 16.1 Å². The lowest BCUT2D eigenvalue weighted by Crippen LogP contribution is -2.42. The molecule has 0 saturated carbocycles. The summed E-state index contributed by atoms with van der Waals surface area (Å²) in [6, 6.07) is 0. The first-order chi connectivity index (χ1) is 8.63. The summed E-state index contributed by atoms with van der Waals surface area (Å²) in [5.41, 5.74) is 2.63. The van der Waals surface area contributed by atoms with Gasteiger partial charge in [-0.3, -0.25) is 4.79 Å². The number of thiazole rings is 1. The average Bonchev–Trinajstić information content (AvgIpc) is 2.86. The topological polar surface area (TPSA) is 53.4 Å². The molecule has 2 heterocycles. The second kappa shape index (κ2) is 5.80. The van der Waals surface area contributed by atoms with Crippen molar-refractivity contribution in [2.75, 3.05) is 13.1 Å². The lowest BCUT2D eigenvalue weighted by atomic mass is 9.93. The molecule has 0 spiro atoms. The van der Waals surface area contributed by atoms with Gasteiger partial charge in [0.15, 0.2) is 0 Å². The number of rotatable bonds is 3. The molecule has 2 rings (SSSR count). The van der Waals surface area contributed by atoms with Crippen LogP contribution in [0.5, 0.6) is 0 Å². The van der Waals surface area contributed by atoms with E-state index in [2.05, 4.69) is 4.98 Å². The first kappa shape index (κ1) is 13.5. The summed E-state index contributed by atoms with van der Waals surface area (Å²) in [6.45, 7) is 5.28. The van der Waals surface area contributed by atoms with Crippen LogP contribution in [0.2, 0.25) is 0 Å². The average molecular weight is 268 g/mol. The van der Waals surface area contributed by atoms with Crippen LogP contribution in [0.1, 0.15) is 42.1 Å². The number of hydrogen-bond acceptors (Lipinski definition) is 4. The molecule has 1 aliphatic heterocycles. The van der Waals surface area contributed by atoms with Gasteiger partial charge in [0.1, 0.15) is 4.88 Å². The van der Waals surface area contributed by atoms with Gasteiger partial charge in [0.05, 0.1) is 17.3 Å². The van der Waals surface area contributed by atoms with Crippen molar-refractivity contribution in [1.29, 1.82) is 0 Å². The van der Waals surface area contributed by atoms with Crippen LogP contribution in [-0.4, -0.2) is 40.1 Å². The highest BCUT2D eigenvalue weighted by Crippen LogP contribution is 2.23. The molecule has 0 aromatic carbocycles. The number of aliphatic hydroxyl groups excluding tert-OH is 1. The Kier molecular flexibility index (Phi) is 4.35. The van der Waals surface area contributed by atoms with Gasteiger partial charge < -0.3 is 10.0 Å². The lowest BCUT2D eigenvalue weighted by molar-refractivity contribution is 0.0469. The maximum atomic E-state index is 12.4. The highest BCUT2D eigenvalue weighted by molar-refractivity contribution is 7.11. The van der Waals surface area contributed by atoms with E-state index < -0.39 is 0 Å². The third-order valence-corrected chi connectivity index (χ3v) is 4.45. The Morgan fingerprint density at radius 2 is 2.50 bits per heavy atom. The van der Waals surface area contributed by atoms with Crippen molar-refractivity contribution < 1.29 is 9.90 Å². The number of aromatic nitrogens is 1. The highest BCUT2D eigenvalue weighted by atomic mass is 32.1. The molecule has 1 aromatic heterocycles. The summed E-state index contributed by atoms with van der Waals surface area (Å²) in [6.07, 6.45) is 2.43. The van der Waals surface area contributed by atoms with E-state index in [1.54, 1.807) is 5.51 Å². The summed E-state index contributed by atoms with van der Waals surface area (Å²) in [5, 5.41) is 9.66. The largest absolute Gasteiger partial charge is 0.393 e. The fourth-order valence-electron chi connectivity index (χ4n) is 2.43. The second-order valence-electron chi connectivity index (χ2n) is 4.88. The van der Waals surface area contributed by atoms with Gasteiger partial charge >= 0.3 is 0 Å². The number of nitrogens with zero attached hydrogens (tertiary/aromatic N) is 2. The Morgan fingerprint density at radius 1 is 1.72 bits per heavy atom. The Labute approximate surface area is 112 Å². The van der Waals surface area contributed by atoms with E-state index in [0.717, 1.165) is 36.4 Å². The van der Waals surface area contributed by atoms with Crippen LogP contribution in [0.15, 0.2) is 5.51 Å². The van der Waals surface area contributed by atoms with Crippen LogP contribution in [0.4, 0.5) is 0 Å². The molecule has 0 bridgehead atoms. The van der Waals surface area contributed by atoms with Crippen molar-refractivity contribution >= 4 is 17.2 Å². The molecule has 4 nitrogen and oxygen atoms in total. The van der Waals surface area contributed by atoms with Gasteiger partial charge in [0.2, 0.25) is 0 Å². The number of carbonyl (C=O) groups excluding carboxylic acids is 1. The van der Waals surface area contributed by atoms with Crippen LogP contribution in [-0.2, 0) is 6.42 Å². The molecule has 1 N–H and O–H groups in total. The number of amides is 1. The van der Waals surface area contributed by atoms with E-state index in [0.29, 0.717) is 6.54 Å². The number of hydrogen-bond donors (Lipinski definition) is 1. The first-order valence-corrected chi connectivity index (χ1v) is 7.41. The van der Waals surface area contributed by atoms with Crippen molar-refractivity contribution in [3.63, 3.8) is 0 Å². The van der Waals surface area contributed by atoms with Gasteiger partial charge in [-0.1, -0.05) is 6.92 Å². The monoisotopic (exact) mass is 268 g/mol. The van der Waals surface area contributed by atoms with Gasteiger partial charge in [-0.15, -0.1) is 11.3 Å². The maximum absolute atomic E-state index is 12.4. The zero-order chi connectivity index (χ0) is 13.1. The van der Waals surface area contributed by atoms with E-state index >= 15 is 0 Å². The summed E-state index contributed by atoms with van der Waals surface area (Å²) in [7, 11) is 0.